The highest BCUT2D eigenvalue weighted by Gasteiger charge is 2.19. The van der Waals surface area contributed by atoms with E-state index in [1.807, 2.05) is 27.0 Å². The largest absolute Gasteiger partial charge is 0.350 e. The third-order valence-corrected chi connectivity index (χ3v) is 5.60. The fraction of sp³-hybridized carbons (Fsp3) is 0.316. The monoisotopic (exact) mass is 411 g/mol. The highest BCUT2D eigenvalue weighted by Crippen LogP contribution is 2.21. The first-order valence-electron chi connectivity index (χ1n) is 8.38. The number of carbonyl (C=O) groups is 1. The van der Waals surface area contributed by atoms with Gasteiger partial charge in [0.15, 0.2) is 0 Å². The first-order valence-corrected chi connectivity index (χ1v) is 9.87. The van der Waals surface area contributed by atoms with E-state index in [4.69, 9.17) is 0 Å². The summed E-state index contributed by atoms with van der Waals surface area (Å²) in [4.78, 5) is 12.4. The molecule has 27 heavy (non-hydrogen) atoms. The molecule has 0 aromatic heterocycles. The summed E-state index contributed by atoms with van der Waals surface area (Å²) in [5.74, 6) is -0.306. The first-order chi connectivity index (χ1) is 12.2. The van der Waals surface area contributed by atoms with Gasteiger partial charge in [-0.2, -0.15) is 0 Å². The molecule has 0 saturated carbocycles. The van der Waals surface area contributed by atoms with E-state index >= 15 is 0 Å². The van der Waals surface area contributed by atoms with Crippen molar-refractivity contribution in [1.29, 1.82) is 0 Å². The van der Waals surface area contributed by atoms with Crippen molar-refractivity contribution in [1.82, 2.24) is 10.6 Å². The van der Waals surface area contributed by atoms with E-state index in [2.05, 4.69) is 15.4 Å². The van der Waals surface area contributed by atoms with Crippen LogP contribution in [0.15, 0.2) is 47.4 Å². The quantitative estimate of drug-likeness (QED) is 0.653. The smallest absolute Gasteiger partial charge is 0.262 e. The SMILES string of the molecule is CNC(C)CNC(=O)c1ccc(C)c(S(=O)(=O)Nc2cccc(C)c2)c1.Cl. The Bertz CT molecular complexity index is 901. The first kappa shape index (κ1) is 23.0. The Labute approximate surface area is 167 Å². The van der Waals surface area contributed by atoms with Gasteiger partial charge in [-0.1, -0.05) is 18.2 Å². The number of likely N-dealkylation sites (N-methyl/N-ethyl adjacent to an activating group) is 1. The second-order valence-electron chi connectivity index (χ2n) is 6.36. The molecule has 3 N–H and O–H groups in total. The number of hydrogen-bond donors (Lipinski definition) is 3. The maximum absolute atomic E-state index is 12.8. The molecule has 2 aromatic rings. The van der Waals surface area contributed by atoms with Gasteiger partial charge in [0.1, 0.15) is 0 Å². The van der Waals surface area contributed by atoms with Crippen LogP contribution in [-0.4, -0.2) is 34.0 Å². The Balaban J connectivity index is 0.00000364. The number of halogens is 1. The molecule has 0 bridgehead atoms. The number of hydrogen-bond acceptors (Lipinski definition) is 4. The molecule has 0 saturated heterocycles. The van der Waals surface area contributed by atoms with Gasteiger partial charge >= 0.3 is 0 Å². The van der Waals surface area contributed by atoms with Gasteiger partial charge < -0.3 is 10.6 Å². The summed E-state index contributed by atoms with van der Waals surface area (Å²) in [5, 5.41) is 5.82. The summed E-state index contributed by atoms with van der Waals surface area (Å²) in [7, 11) is -1.99. The van der Waals surface area contributed by atoms with Crippen molar-refractivity contribution in [3.63, 3.8) is 0 Å². The number of anilines is 1. The number of rotatable bonds is 7. The predicted molar refractivity (Wildman–Crippen MR) is 111 cm³/mol. The van der Waals surface area contributed by atoms with Crippen LogP contribution in [0.2, 0.25) is 0 Å². The maximum Gasteiger partial charge on any atom is 0.262 e. The lowest BCUT2D eigenvalue weighted by atomic mass is 10.1. The van der Waals surface area contributed by atoms with Gasteiger partial charge in [0.05, 0.1) is 4.90 Å². The van der Waals surface area contributed by atoms with Gasteiger partial charge in [0.25, 0.3) is 15.9 Å². The second-order valence-corrected chi connectivity index (χ2v) is 8.01. The summed E-state index contributed by atoms with van der Waals surface area (Å²) >= 11 is 0. The average Bonchev–Trinajstić information content (AvgIpc) is 2.59. The van der Waals surface area contributed by atoms with E-state index in [0.717, 1.165) is 5.56 Å². The van der Waals surface area contributed by atoms with E-state index in [0.29, 0.717) is 23.4 Å². The van der Waals surface area contributed by atoms with E-state index < -0.39 is 10.0 Å². The molecule has 0 fully saturated rings. The molecule has 0 aliphatic heterocycles. The third-order valence-electron chi connectivity index (χ3n) is 4.07. The van der Waals surface area contributed by atoms with Crippen LogP contribution in [0.25, 0.3) is 0 Å². The molecule has 0 heterocycles. The lowest BCUT2D eigenvalue weighted by Gasteiger charge is -2.14. The number of benzene rings is 2. The minimum absolute atomic E-state index is 0. The molecule has 1 amide bonds. The highest BCUT2D eigenvalue weighted by molar-refractivity contribution is 7.92. The molecular weight excluding hydrogens is 386 g/mol. The van der Waals surface area contributed by atoms with Gasteiger partial charge in [0, 0.05) is 23.8 Å². The van der Waals surface area contributed by atoms with Crippen molar-refractivity contribution in [3.8, 4) is 0 Å². The van der Waals surface area contributed by atoms with E-state index in [-0.39, 0.29) is 29.3 Å². The Hall–Kier alpha value is -2.09. The zero-order valence-corrected chi connectivity index (χ0v) is 17.5. The van der Waals surface area contributed by atoms with Crippen molar-refractivity contribution in [2.24, 2.45) is 0 Å². The van der Waals surface area contributed by atoms with Crippen LogP contribution < -0.4 is 15.4 Å². The van der Waals surface area contributed by atoms with Crippen LogP contribution in [0, 0.1) is 13.8 Å². The molecule has 8 heteroatoms. The summed E-state index contributed by atoms with van der Waals surface area (Å²) < 4.78 is 28.1. The van der Waals surface area contributed by atoms with Crippen molar-refractivity contribution in [2.45, 2.75) is 31.7 Å². The van der Waals surface area contributed by atoms with Crippen LogP contribution >= 0.6 is 12.4 Å². The number of amides is 1. The van der Waals surface area contributed by atoms with Crippen molar-refractivity contribution >= 4 is 34.0 Å². The number of aryl methyl sites for hydroxylation is 2. The fourth-order valence-corrected chi connectivity index (χ4v) is 3.72. The zero-order chi connectivity index (χ0) is 19.3. The van der Waals surface area contributed by atoms with Gasteiger partial charge in [-0.3, -0.25) is 9.52 Å². The Morgan fingerprint density at radius 3 is 2.44 bits per heavy atom. The molecule has 1 unspecified atom stereocenters. The molecule has 1 atom stereocenters. The molecule has 0 radical (unpaired) electrons. The van der Waals surface area contributed by atoms with Crippen LogP contribution in [0.1, 0.15) is 28.4 Å². The van der Waals surface area contributed by atoms with Gasteiger partial charge in [-0.15, -0.1) is 12.4 Å². The van der Waals surface area contributed by atoms with Crippen molar-refractivity contribution in [3.05, 3.63) is 59.2 Å². The Kier molecular flexibility index (Phi) is 8.27. The molecule has 2 rings (SSSR count). The van der Waals surface area contributed by atoms with E-state index in [9.17, 15) is 13.2 Å². The summed E-state index contributed by atoms with van der Waals surface area (Å²) in [6, 6.07) is 11.9. The average molecular weight is 412 g/mol. The topological polar surface area (TPSA) is 87.3 Å². The zero-order valence-electron chi connectivity index (χ0n) is 15.9. The van der Waals surface area contributed by atoms with Crippen LogP contribution in [-0.2, 0) is 10.0 Å². The fourth-order valence-electron chi connectivity index (χ4n) is 2.40. The van der Waals surface area contributed by atoms with E-state index in [1.54, 1.807) is 37.3 Å². The summed E-state index contributed by atoms with van der Waals surface area (Å²) in [6.45, 7) is 5.99. The minimum atomic E-state index is -3.80. The Morgan fingerprint density at radius 1 is 1.11 bits per heavy atom. The van der Waals surface area contributed by atoms with Crippen molar-refractivity contribution in [2.75, 3.05) is 18.3 Å². The minimum Gasteiger partial charge on any atom is -0.350 e. The Morgan fingerprint density at radius 2 is 1.81 bits per heavy atom. The standard InChI is InChI=1S/C19H25N3O3S.ClH/c1-13-6-5-7-17(10-13)22-26(24,25)18-11-16(9-8-14(18)2)19(23)21-12-15(3)20-4;/h5-11,15,20,22H,12H2,1-4H3,(H,21,23);1H. The van der Waals surface area contributed by atoms with Crippen LogP contribution in [0.4, 0.5) is 5.69 Å². The van der Waals surface area contributed by atoms with E-state index in [1.165, 1.54) is 6.07 Å². The number of nitrogens with one attached hydrogen (secondary N) is 3. The molecule has 2 aromatic carbocycles. The normalized spacial score (nSPS) is 12.0. The maximum atomic E-state index is 12.8. The molecule has 0 aliphatic rings. The number of sulfonamides is 1. The summed E-state index contributed by atoms with van der Waals surface area (Å²) in [5.41, 5.74) is 2.32. The summed E-state index contributed by atoms with van der Waals surface area (Å²) in [6.07, 6.45) is 0. The third kappa shape index (κ3) is 6.23. The molecule has 0 spiro atoms. The lowest BCUT2D eigenvalue weighted by molar-refractivity contribution is 0.0950. The van der Waals surface area contributed by atoms with Crippen LogP contribution in [0.5, 0.6) is 0 Å². The molecular formula is C19H26ClN3O3S. The molecule has 0 aliphatic carbocycles. The molecule has 6 nitrogen and oxygen atoms in total. The van der Waals surface area contributed by atoms with Crippen LogP contribution in [0.3, 0.4) is 0 Å². The predicted octanol–water partition coefficient (Wildman–Crippen LogP) is 2.86. The van der Waals surface area contributed by atoms with Gasteiger partial charge in [-0.25, -0.2) is 8.42 Å². The highest BCUT2D eigenvalue weighted by atomic mass is 35.5. The van der Waals surface area contributed by atoms with Crippen molar-refractivity contribution < 1.29 is 13.2 Å². The molecule has 148 valence electrons. The van der Waals surface area contributed by atoms with Gasteiger partial charge in [-0.05, 0) is 63.2 Å². The van der Waals surface area contributed by atoms with Gasteiger partial charge in [0.2, 0.25) is 0 Å². The second kappa shape index (κ2) is 9.73. The lowest BCUT2D eigenvalue weighted by Crippen LogP contribution is -2.37. The number of carbonyl (C=O) groups excluding carboxylic acids is 1.